The summed E-state index contributed by atoms with van der Waals surface area (Å²) in [4.78, 5) is 14.5. The summed E-state index contributed by atoms with van der Waals surface area (Å²) >= 11 is 0. The number of carbonyl (C=O) groups excluding carboxylic acids is 1. The summed E-state index contributed by atoms with van der Waals surface area (Å²) in [5, 5.41) is 9.28. The second-order valence-corrected chi connectivity index (χ2v) is 9.06. The third-order valence-electron chi connectivity index (χ3n) is 5.46. The van der Waals surface area contributed by atoms with Gasteiger partial charge in [-0.15, -0.1) is 0 Å². The van der Waals surface area contributed by atoms with E-state index in [0.29, 0.717) is 19.4 Å². The quantitative estimate of drug-likeness (QED) is 0.828. The summed E-state index contributed by atoms with van der Waals surface area (Å²) in [5.41, 5.74) is 0. The van der Waals surface area contributed by atoms with Crippen LogP contribution in [0.2, 0.25) is 0 Å². The van der Waals surface area contributed by atoms with Crippen molar-refractivity contribution in [3.05, 3.63) is 0 Å². The molecule has 120 valence electrons. The van der Waals surface area contributed by atoms with Crippen molar-refractivity contribution in [2.75, 3.05) is 12.3 Å². The first-order chi connectivity index (χ1) is 10.0. The number of nitrogens with zero attached hydrogens (tertiary/aromatic N) is 1. The highest BCUT2D eigenvalue weighted by Gasteiger charge is 2.44. The highest BCUT2D eigenvalue weighted by molar-refractivity contribution is 7.92. The number of rotatable bonds is 2. The van der Waals surface area contributed by atoms with Crippen LogP contribution in [-0.2, 0) is 14.6 Å². The lowest BCUT2D eigenvalue weighted by Gasteiger charge is -2.34. The summed E-state index contributed by atoms with van der Waals surface area (Å²) < 4.78 is 24.4. The van der Waals surface area contributed by atoms with Crippen LogP contribution in [0.15, 0.2) is 0 Å². The SMILES string of the molecule is O=C(C1CCCCS1(=O)=O)N1CCCC1C1CCCC1O. The highest BCUT2D eigenvalue weighted by Crippen LogP contribution is 2.37. The van der Waals surface area contributed by atoms with E-state index in [1.54, 1.807) is 4.90 Å². The molecule has 3 fully saturated rings. The molecule has 21 heavy (non-hydrogen) atoms. The van der Waals surface area contributed by atoms with Gasteiger partial charge in [0.05, 0.1) is 11.9 Å². The van der Waals surface area contributed by atoms with Crippen LogP contribution in [0.5, 0.6) is 0 Å². The van der Waals surface area contributed by atoms with Gasteiger partial charge in [-0.1, -0.05) is 12.8 Å². The maximum absolute atomic E-state index is 12.8. The third kappa shape index (κ3) is 2.84. The first-order valence-corrected chi connectivity index (χ1v) is 9.92. The molecule has 1 aliphatic carbocycles. The predicted molar refractivity (Wildman–Crippen MR) is 79.5 cm³/mol. The molecule has 0 aromatic heterocycles. The first kappa shape index (κ1) is 15.3. The third-order valence-corrected chi connectivity index (χ3v) is 7.62. The van der Waals surface area contributed by atoms with Crippen molar-refractivity contribution in [2.45, 2.75) is 68.8 Å². The highest BCUT2D eigenvalue weighted by atomic mass is 32.2. The standard InChI is InChI=1S/C15H25NO4S/c17-13-7-3-5-11(13)12-6-4-9-16(12)15(18)14-8-1-2-10-21(14,19)20/h11-14,17H,1-10H2. The van der Waals surface area contributed by atoms with E-state index in [-0.39, 0.29) is 29.7 Å². The van der Waals surface area contributed by atoms with Crippen LogP contribution in [0.4, 0.5) is 0 Å². The predicted octanol–water partition coefficient (Wildman–Crippen LogP) is 1.11. The fourth-order valence-electron chi connectivity index (χ4n) is 4.35. The van der Waals surface area contributed by atoms with E-state index in [2.05, 4.69) is 0 Å². The Hall–Kier alpha value is -0.620. The molecule has 6 heteroatoms. The molecule has 0 spiro atoms. The van der Waals surface area contributed by atoms with Crippen molar-refractivity contribution < 1.29 is 18.3 Å². The average Bonchev–Trinajstić information content (AvgIpc) is 3.05. The van der Waals surface area contributed by atoms with Gasteiger partial charge in [0.15, 0.2) is 9.84 Å². The van der Waals surface area contributed by atoms with E-state index in [1.807, 2.05) is 0 Å². The molecular formula is C15H25NO4S. The van der Waals surface area contributed by atoms with Crippen LogP contribution in [0.1, 0.15) is 51.4 Å². The van der Waals surface area contributed by atoms with Crippen molar-refractivity contribution in [1.29, 1.82) is 0 Å². The summed E-state index contributed by atoms with van der Waals surface area (Å²) in [5.74, 6) is 0.0904. The first-order valence-electron chi connectivity index (χ1n) is 8.21. The second-order valence-electron chi connectivity index (χ2n) is 6.75. The van der Waals surface area contributed by atoms with Crippen LogP contribution >= 0.6 is 0 Å². The normalized spacial score (nSPS) is 39.6. The molecule has 3 aliphatic rings. The summed E-state index contributed by atoms with van der Waals surface area (Å²) in [7, 11) is -3.27. The Morgan fingerprint density at radius 2 is 1.81 bits per heavy atom. The molecule has 1 amide bonds. The zero-order valence-corrected chi connectivity index (χ0v) is 13.2. The minimum Gasteiger partial charge on any atom is -0.393 e. The van der Waals surface area contributed by atoms with Crippen LogP contribution in [0, 0.1) is 5.92 Å². The van der Waals surface area contributed by atoms with Crippen molar-refractivity contribution in [3.8, 4) is 0 Å². The van der Waals surface area contributed by atoms with Crippen molar-refractivity contribution in [2.24, 2.45) is 5.92 Å². The van der Waals surface area contributed by atoms with Crippen molar-refractivity contribution >= 4 is 15.7 Å². The van der Waals surface area contributed by atoms with E-state index in [4.69, 9.17) is 0 Å². The Balaban J connectivity index is 1.77. The van der Waals surface area contributed by atoms with Gasteiger partial charge in [0, 0.05) is 18.5 Å². The molecule has 0 bridgehead atoms. The number of hydrogen-bond acceptors (Lipinski definition) is 4. The maximum Gasteiger partial charge on any atom is 0.241 e. The minimum atomic E-state index is -3.27. The van der Waals surface area contributed by atoms with Gasteiger partial charge in [-0.2, -0.15) is 0 Å². The van der Waals surface area contributed by atoms with E-state index in [9.17, 15) is 18.3 Å². The molecule has 5 nitrogen and oxygen atoms in total. The van der Waals surface area contributed by atoms with Gasteiger partial charge in [0.25, 0.3) is 0 Å². The molecule has 0 aromatic rings. The Bertz CT molecular complexity index is 504. The molecular weight excluding hydrogens is 290 g/mol. The van der Waals surface area contributed by atoms with Gasteiger partial charge >= 0.3 is 0 Å². The Labute approximate surface area is 126 Å². The molecule has 1 N–H and O–H groups in total. The van der Waals surface area contributed by atoms with E-state index < -0.39 is 15.1 Å². The number of hydrogen-bond donors (Lipinski definition) is 1. The van der Waals surface area contributed by atoms with Gasteiger partial charge < -0.3 is 10.0 Å². The number of aliphatic hydroxyl groups excluding tert-OH is 1. The smallest absolute Gasteiger partial charge is 0.241 e. The molecule has 2 aliphatic heterocycles. The summed E-state index contributed by atoms with van der Waals surface area (Å²) in [6, 6.07) is 0.0483. The lowest BCUT2D eigenvalue weighted by atomic mass is 9.94. The topological polar surface area (TPSA) is 74.7 Å². The summed E-state index contributed by atoms with van der Waals surface area (Å²) in [6.07, 6.45) is 6.23. The summed E-state index contributed by atoms with van der Waals surface area (Å²) in [6.45, 7) is 0.652. The van der Waals surface area contributed by atoms with Gasteiger partial charge in [0.1, 0.15) is 5.25 Å². The number of sulfone groups is 1. The van der Waals surface area contributed by atoms with E-state index in [1.165, 1.54) is 0 Å². The molecule has 2 heterocycles. The number of likely N-dealkylation sites (tertiary alicyclic amines) is 1. The van der Waals surface area contributed by atoms with Gasteiger partial charge in [-0.05, 0) is 38.5 Å². The molecule has 0 radical (unpaired) electrons. The van der Waals surface area contributed by atoms with Crippen LogP contribution in [0.25, 0.3) is 0 Å². The van der Waals surface area contributed by atoms with Crippen LogP contribution in [-0.4, -0.2) is 54.0 Å². The Kier molecular flexibility index (Phi) is 4.28. The Morgan fingerprint density at radius 3 is 2.48 bits per heavy atom. The molecule has 4 atom stereocenters. The molecule has 3 rings (SSSR count). The number of amides is 1. The van der Waals surface area contributed by atoms with Gasteiger partial charge in [-0.25, -0.2) is 8.42 Å². The fraction of sp³-hybridized carbons (Fsp3) is 0.933. The van der Waals surface area contributed by atoms with Crippen molar-refractivity contribution in [3.63, 3.8) is 0 Å². The monoisotopic (exact) mass is 315 g/mol. The van der Waals surface area contributed by atoms with Gasteiger partial charge in [-0.3, -0.25) is 4.79 Å². The molecule has 2 saturated heterocycles. The largest absolute Gasteiger partial charge is 0.393 e. The second kappa shape index (κ2) is 5.88. The Morgan fingerprint density at radius 1 is 1.00 bits per heavy atom. The molecule has 1 saturated carbocycles. The molecule has 0 aromatic carbocycles. The van der Waals surface area contributed by atoms with Gasteiger partial charge in [0.2, 0.25) is 5.91 Å². The zero-order chi connectivity index (χ0) is 15.0. The molecule has 4 unspecified atom stereocenters. The lowest BCUT2D eigenvalue weighted by molar-refractivity contribution is -0.133. The number of carbonyl (C=O) groups is 1. The van der Waals surface area contributed by atoms with Crippen LogP contribution in [0.3, 0.4) is 0 Å². The minimum absolute atomic E-state index is 0.0483. The number of aliphatic hydroxyl groups is 1. The van der Waals surface area contributed by atoms with Crippen LogP contribution < -0.4 is 0 Å². The maximum atomic E-state index is 12.8. The van der Waals surface area contributed by atoms with E-state index >= 15 is 0 Å². The van der Waals surface area contributed by atoms with Crippen molar-refractivity contribution in [1.82, 2.24) is 4.90 Å². The van der Waals surface area contributed by atoms with E-state index in [0.717, 1.165) is 38.5 Å². The fourth-order valence-corrected chi connectivity index (χ4v) is 6.21. The average molecular weight is 315 g/mol. The zero-order valence-electron chi connectivity index (χ0n) is 12.4. The lowest BCUT2D eigenvalue weighted by Crippen LogP contribution is -2.50.